The van der Waals surface area contributed by atoms with Crippen LogP contribution in [0.5, 0.6) is 11.5 Å². The molecule has 1 aromatic rings. The van der Waals surface area contributed by atoms with Gasteiger partial charge in [-0.2, -0.15) is 0 Å². The molecule has 0 radical (unpaired) electrons. The molecule has 0 bridgehead atoms. The van der Waals surface area contributed by atoms with Gasteiger partial charge in [-0.1, -0.05) is 19.4 Å². The first-order chi connectivity index (χ1) is 10.6. The van der Waals surface area contributed by atoms with Crippen molar-refractivity contribution in [3.8, 4) is 11.5 Å². The van der Waals surface area contributed by atoms with Crippen LogP contribution < -0.4 is 14.8 Å². The Labute approximate surface area is 130 Å². The van der Waals surface area contributed by atoms with Gasteiger partial charge in [-0.05, 0) is 24.1 Å². The smallest absolute Gasteiger partial charge is 0.324 e. The maximum absolute atomic E-state index is 12.2. The summed E-state index contributed by atoms with van der Waals surface area (Å²) in [6, 6.07) is 4.73. The van der Waals surface area contributed by atoms with Crippen molar-refractivity contribution in [2.45, 2.75) is 32.2 Å². The van der Waals surface area contributed by atoms with E-state index in [0.717, 1.165) is 18.4 Å². The summed E-state index contributed by atoms with van der Waals surface area (Å²) in [5, 5.41) is 2.88. The van der Waals surface area contributed by atoms with Crippen LogP contribution in [0.4, 0.5) is 4.79 Å². The van der Waals surface area contributed by atoms with E-state index in [4.69, 9.17) is 9.47 Å². The van der Waals surface area contributed by atoms with Crippen molar-refractivity contribution < 1.29 is 19.1 Å². The highest BCUT2D eigenvalue weighted by Gasteiger charge is 2.32. The highest BCUT2D eigenvalue weighted by Crippen LogP contribution is 2.32. The molecule has 3 amide bonds. The largest absolute Gasteiger partial charge is 0.493 e. The number of amides is 3. The molecular weight excluding hydrogens is 284 g/mol. The second kappa shape index (κ2) is 7.15. The Morgan fingerprint density at radius 1 is 1.23 bits per heavy atom. The number of imide groups is 1. The number of carbonyl (C=O) groups excluding carboxylic acids is 2. The fourth-order valence-electron chi connectivity index (χ4n) is 2.49. The predicted octanol–water partition coefficient (Wildman–Crippen LogP) is 2.49. The number of ether oxygens (including phenoxy) is 2. The lowest BCUT2D eigenvalue weighted by Crippen LogP contribution is -2.51. The van der Waals surface area contributed by atoms with E-state index in [-0.39, 0.29) is 24.4 Å². The van der Waals surface area contributed by atoms with E-state index in [2.05, 4.69) is 5.32 Å². The maximum atomic E-state index is 12.2. The Balaban J connectivity index is 2.15. The van der Waals surface area contributed by atoms with E-state index in [1.165, 1.54) is 4.90 Å². The summed E-state index contributed by atoms with van der Waals surface area (Å²) in [6.45, 7) is 2.50. The number of carbonyl (C=O) groups is 2. The number of benzene rings is 1. The Bertz CT molecular complexity index is 541. The molecule has 1 heterocycles. The van der Waals surface area contributed by atoms with Crippen molar-refractivity contribution in [1.82, 2.24) is 10.2 Å². The van der Waals surface area contributed by atoms with Gasteiger partial charge in [-0.25, -0.2) is 4.79 Å². The van der Waals surface area contributed by atoms with E-state index in [0.29, 0.717) is 18.0 Å². The van der Waals surface area contributed by atoms with Crippen molar-refractivity contribution in [2.24, 2.45) is 0 Å². The number of urea groups is 1. The molecule has 1 fully saturated rings. The molecule has 0 aromatic heterocycles. The molecule has 1 aromatic carbocycles. The highest BCUT2D eigenvalue weighted by molar-refractivity contribution is 5.97. The Hall–Kier alpha value is -2.24. The van der Waals surface area contributed by atoms with Crippen molar-refractivity contribution >= 4 is 11.9 Å². The van der Waals surface area contributed by atoms with Crippen molar-refractivity contribution in [3.05, 3.63) is 23.8 Å². The third-order valence-electron chi connectivity index (χ3n) is 3.77. The van der Waals surface area contributed by atoms with E-state index < -0.39 is 0 Å². The van der Waals surface area contributed by atoms with Crippen molar-refractivity contribution in [3.63, 3.8) is 0 Å². The zero-order valence-electron chi connectivity index (χ0n) is 13.2. The second-order valence-electron chi connectivity index (χ2n) is 5.22. The molecule has 6 nitrogen and oxygen atoms in total. The van der Waals surface area contributed by atoms with Gasteiger partial charge in [0.25, 0.3) is 0 Å². The lowest BCUT2D eigenvalue weighted by Gasteiger charge is -2.31. The van der Waals surface area contributed by atoms with Gasteiger partial charge in [-0.15, -0.1) is 0 Å². The van der Waals surface area contributed by atoms with Crippen LogP contribution in [0.25, 0.3) is 0 Å². The standard InChI is InChI=1S/C16H22N2O4/c1-4-5-8-18-15(19)10-12(17-16(18)20)11-6-7-13(21-2)14(9-11)22-3/h6-7,9,12H,4-5,8,10H2,1-3H3,(H,17,20). The Morgan fingerprint density at radius 3 is 2.55 bits per heavy atom. The predicted molar refractivity (Wildman–Crippen MR) is 82.1 cm³/mol. The lowest BCUT2D eigenvalue weighted by atomic mass is 10.0. The summed E-state index contributed by atoms with van der Waals surface area (Å²) in [7, 11) is 3.12. The number of nitrogens with zero attached hydrogens (tertiary/aromatic N) is 1. The first kappa shape index (κ1) is 16.1. The van der Waals surface area contributed by atoms with Crippen LogP contribution in [0.2, 0.25) is 0 Å². The number of hydrogen-bond donors (Lipinski definition) is 1. The zero-order chi connectivity index (χ0) is 16.1. The van der Waals surface area contributed by atoms with Crippen LogP contribution in [0, 0.1) is 0 Å². The molecule has 1 atom stereocenters. The van der Waals surface area contributed by atoms with E-state index in [1.807, 2.05) is 13.0 Å². The van der Waals surface area contributed by atoms with Crippen molar-refractivity contribution in [2.75, 3.05) is 20.8 Å². The van der Waals surface area contributed by atoms with E-state index in [9.17, 15) is 9.59 Å². The monoisotopic (exact) mass is 306 g/mol. The normalized spacial score (nSPS) is 18.1. The minimum absolute atomic E-state index is 0.142. The molecule has 120 valence electrons. The Kier molecular flexibility index (Phi) is 5.25. The van der Waals surface area contributed by atoms with Gasteiger partial charge in [0.2, 0.25) is 5.91 Å². The van der Waals surface area contributed by atoms with Crippen molar-refractivity contribution in [1.29, 1.82) is 0 Å². The molecule has 1 N–H and O–H groups in total. The first-order valence-electron chi connectivity index (χ1n) is 7.43. The fraction of sp³-hybridized carbons (Fsp3) is 0.500. The topological polar surface area (TPSA) is 67.9 Å². The van der Waals surface area contributed by atoms with Crippen LogP contribution in [0.3, 0.4) is 0 Å². The number of nitrogens with one attached hydrogen (secondary N) is 1. The average Bonchev–Trinajstić information content (AvgIpc) is 2.53. The summed E-state index contributed by atoms with van der Waals surface area (Å²) in [6.07, 6.45) is 2.02. The molecule has 6 heteroatoms. The van der Waals surface area contributed by atoms with Gasteiger partial charge in [0.05, 0.1) is 26.7 Å². The van der Waals surface area contributed by atoms with E-state index >= 15 is 0 Å². The van der Waals surface area contributed by atoms with Gasteiger partial charge < -0.3 is 14.8 Å². The number of rotatable bonds is 6. The number of hydrogen-bond acceptors (Lipinski definition) is 4. The van der Waals surface area contributed by atoms with Crippen LogP contribution >= 0.6 is 0 Å². The van der Waals surface area contributed by atoms with Crippen LogP contribution in [-0.2, 0) is 4.79 Å². The van der Waals surface area contributed by atoms with Gasteiger partial charge in [0, 0.05) is 6.54 Å². The minimum Gasteiger partial charge on any atom is -0.493 e. The summed E-state index contributed by atoms with van der Waals surface area (Å²) in [5.74, 6) is 1.05. The summed E-state index contributed by atoms with van der Waals surface area (Å²) >= 11 is 0. The zero-order valence-corrected chi connectivity index (χ0v) is 13.2. The number of methoxy groups -OCH3 is 2. The minimum atomic E-state index is -0.335. The lowest BCUT2D eigenvalue weighted by molar-refractivity contribution is -0.130. The Morgan fingerprint density at radius 2 is 1.95 bits per heavy atom. The molecule has 2 rings (SSSR count). The average molecular weight is 306 g/mol. The van der Waals surface area contributed by atoms with Crippen LogP contribution in [-0.4, -0.2) is 37.6 Å². The van der Waals surface area contributed by atoms with Gasteiger partial charge in [-0.3, -0.25) is 9.69 Å². The molecular formula is C16H22N2O4. The summed E-state index contributed by atoms with van der Waals surface area (Å²) in [5.41, 5.74) is 0.828. The molecule has 0 aliphatic carbocycles. The molecule has 1 aliphatic rings. The molecule has 22 heavy (non-hydrogen) atoms. The molecule has 0 saturated carbocycles. The molecule has 1 unspecified atom stereocenters. The maximum Gasteiger partial charge on any atom is 0.324 e. The van der Waals surface area contributed by atoms with E-state index in [1.54, 1.807) is 26.4 Å². The van der Waals surface area contributed by atoms with Gasteiger partial charge in [0.1, 0.15) is 0 Å². The molecule has 1 saturated heterocycles. The summed E-state index contributed by atoms with van der Waals surface area (Å²) < 4.78 is 10.5. The first-order valence-corrected chi connectivity index (χ1v) is 7.43. The SMILES string of the molecule is CCCCN1C(=O)CC(c2ccc(OC)c(OC)c2)NC1=O. The van der Waals surface area contributed by atoms with Gasteiger partial charge in [0.15, 0.2) is 11.5 Å². The third-order valence-corrected chi connectivity index (χ3v) is 3.77. The van der Waals surface area contributed by atoms with Gasteiger partial charge >= 0.3 is 6.03 Å². The van der Waals surface area contributed by atoms with Crippen LogP contribution in [0.15, 0.2) is 18.2 Å². The quantitative estimate of drug-likeness (QED) is 0.876. The summed E-state index contributed by atoms with van der Waals surface area (Å²) in [4.78, 5) is 25.6. The van der Waals surface area contributed by atoms with Crippen LogP contribution in [0.1, 0.15) is 37.8 Å². The number of unbranched alkanes of at least 4 members (excludes halogenated alkanes) is 1. The molecule has 0 spiro atoms. The second-order valence-corrected chi connectivity index (χ2v) is 5.22. The third kappa shape index (κ3) is 3.32. The fourth-order valence-corrected chi connectivity index (χ4v) is 2.49. The molecule has 1 aliphatic heterocycles. The highest BCUT2D eigenvalue weighted by atomic mass is 16.5.